The third-order valence-corrected chi connectivity index (χ3v) is 5.17. The van der Waals surface area contributed by atoms with Crippen molar-refractivity contribution in [2.75, 3.05) is 5.32 Å². The van der Waals surface area contributed by atoms with Gasteiger partial charge in [-0.05, 0) is 41.8 Å². The molecule has 4 rings (SSSR count). The van der Waals surface area contributed by atoms with E-state index < -0.39 is 11.8 Å². The van der Waals surface area contributed by atoms with E-state index in [1.165, 1.54) is 6.21 Å². The molecule has 1 heterocycles. The first-order valence-corrected chi connectivity index (χ1v) is 9.94. The molecule has 8 heteroatoms. The van der Waals surface area contributed by atoms with Gasteiger partial charge in [-0.2, -0.15) is 5.10 Å². The molecule has 0 aliphatic rings. The maximum absolute atomic E-state index is 12.2. The summed E-state index contributed by atoms with van der Waals surface area (Å²) in [6, 6.07) is 21.5. The molecule has 31 heavy (non-hydrogen) atoms. The lowest BCUT2D eigenvalue weighted by Gasteiger charge is -2.07. The van der Waals surface area contributed by atoms with Crippen molar-refractivity contribution in [1.82, 2.24) is 5.43 Å². The number of anilines is 1. The van der Waals surface area contributed by atoms with Crippen LogP contribution in [0.2, 0.25) is 10.0 Å². The molecule has 0 bridgehead atoms. The molecule has 6 nitrogen and oxygen atoms in total. The molecule has 0 fully saturated rings. The molecule has 0 atom stereocenters. The SMILES string of the molecule is O=C(NN=Cc1ccc(-c2ccc(Cl)c(Cl)c2)o1)C(=O)Nc1cccc2ccccc12. The summed E-state index contributed by atoms with van der Waals surface area (Å²) in [7, 11) is 0. The van der Waals surface area contributed by atoms with Crippen LogP contribution in [0.5, 0.6) is 0 Å². The predicted octanol–water partition coefficient (Wildman–Crippen LogP) is 5.50. The maximum atomic E-state index is 12.2. The Morgan fingerprint density at radius 2 is 1.68 bits per heavy atom. The second-order valence-electron chi connectivity index (χ2n) is 6.51. The van der Waals surface area contributed by atoms with Crippen molar-refractivity contribution in [3.8, 4) is 11.3 Å². The molecule has 0 aliphatic carbocycles. The highest BCUT2D eigenvalue weighted by atomic mass is 35.5. The van der Waals surface area contributed by atoms with Gasteiger partial charge in [-0.15, -0.1) is 0 Å². The maximum Gasteiger partial charge on any atom is 0.329 e. The van der Waals surface area contributed by atoms with Gasteiger partial charge in [0.25, 0.3) is 0 Å². The van der Waals surface area contributed by atoms with Gasteiger partial charge < -0.3 is 9.73 Å². The van der Waals surface area contributed by atoms with Crippen LogP contribution in [0.1, 0.15) is 5.76 Å². The molecule has 2 N–H and O–H groups in total. The Labute approximate surface area is 187 Å². The van der Waals surface area contributed by atoms with E-state index in [-0.39, 0.29) is 0 Å². The van der Waals surface area contributed by atoms with Gasteiger partial charge in [-0.25, -0.2) is 5.43 Å². The number of hydrogen-bond donors (Lipinski definition) is 2. The molecule has 4 aromatic rings. The van der Waals surface area contributed by atoms with Gasteiger partial charge >= 0.3 is 11.8 Å². The van der Waals surface area contributed by atoms with Gasteiger partial charge in [0, 0.05) is 16.6 Å². The van der Waals surface area contributed by atoms with Crippen LogP contribution in [0.25, 0.3) is 22.1 Å². The minimum atomic E-state index is -0.902. The van der Waals surface area contributed by atoms with Crippen LogP contribution < -0.4 is 10.7 Å². The highest BCUT2D eigenvalue weighted by Gasteiger charge is 2.14. The van der Waals surface area contributed by atoms with Gasteiger partial charge in [-0.1, -0.05) is 59.6 Å². The van der Waals surface area contributed by atoms with E-state index in [0.717, 1.165) is 16.3 Å². The summed E-state index contributed by atoms with van der Waals surface area (Å²) in [6.45, 7) is 0. The van der Waals surface area contributed by atoms with E-state index in [1.807, 2.05) is 30.3 Å². The van der Waals surface area contributed by atoms with E-state index in [0.29, 0.717) is 27.3 Å². The molecule has 0 aliphatic heterocycles. The summed E-state index contributed by atoms with van der Waals surface area (Å²) < 4.78 is 5.65. The quantitative estimate of drug-likeness (QED) is 0.244. The standard InChI is InChI=1S/C23H15Cl2N3O3/c24-18-10-8-15(12-19(18)25)21-11-9-16(31-21)13-26-28-23(30)22(29)27-20-7-3-5-14-4-1-2-6-17(14)20/h1-13H,(H,27,29)(H,28,30). The smallest absolute Gasteiger partial charge is 0.329 e. The van der Waals surface area contributed by atoms with E-state index >= 15 is 0 Å². The Bertz CT molecular complexity index is 1310. The summed E-state index contributed by atoms with van der Waals surface area (Å²) >= 11 is 11.9. The van der Waals surface area contributed by atoms with Gasteiger partial charge in [0.15, 0.2) is 0 Å². The van der Waals surface area contributed by atoms with Crippen molar-refractivity contribution in [1.29, 1.82) is 0 Å². The minimum Gasteiger partial charge on any atom is -0.455 e. The fraction of sp³-hybridized carbons (Fsp3) is 0. The number of hydrogen-bond acceptors (Lipinski definition) is 4. The number of furan rings is 1. The Balaban J connectivity index is 1.38. The fourth-order valence-corrected chi connectivity index (χ4v) is 3.24. The van der Waals surface area contributed by atoms with Crippen LogP contribution in [-0.2, 0) is 9.59 Å². The Morgan fingerprint density at radius 3 is 2.52 bits per heavy atom. The number of carbonyl (C=O) groups excluding carboxylic acids is 2. The summed E-state index contributed by atoms with van der Waals surface area (Å²) in [4.78, 5) is 24.3. The second-order valence-corrected chi connectivity index (χ2v) is 7.33. The van der Waals surface area contributed by atoms with Crippen molar-refractivity contribution in [3.05, 3.63) is 88.6 Å². The van der Waals surface area contributed by atoms with Crippen LogP contribution in [0.15, 0.2) is 82.3 Å². The van der Waals surface area contributed by atoms with Crippen LogP contribution in [0, 0.1) is 0 Å². The third-order valence-electron chi connectivity index (χ3n) is 4.43. The second kappa shape index (κ2) is 9.04. The lowest BCUT2D eigenvalue weighted by molar-refractivity contribution is -0.136. The first-order chi connectivity index (χ1) is 15.0. The summed E-state index contributed by atoms with van der Waals surface area (Å²) in [5.41, 5.74) is 3.47. The van der Waals surface area contributed by atoms with Crippen molar-refractivity contribution in [2.45, 2.75) is 0 Å². The number of hydrazone groups is 1. The highest BCUT2D eigenvalue weighted by Crippen LogP contribution is 2.29. The average molecular weight is 452 g/mol. The molecule has 3 aromatic carbocycles. The third kappa shape index (κ3) is 4.77. The Hall–Kier alpha value is -3.61. The van der Waals surface area contributed by atoms with E-state index in [9.17, 15) is 9.59 Å². The molecule has 0 spiro atoms. The molecule has 0 saturated carbocycles. The fourth-order valence-electron chi connectivity index (χ4n) is 2.95. The number of nitrogens with one attached hydrogen (secondary N) is 2. The molecule has 1 aromatic heterocycles. The highest BCUT2D eigenvalue weighted by molar-refractivity contribution is 6.42. The summed E-state index contributed by atoms with van der Waals surface area (Å²) in [5, 5.41) is 9.02. The number of rotatable bonds is 4. The molecule has 0 unspecified atom stereocenters. The molecule has 0 saturated heterocycles. The van der Waals surface area contributed by atoms with Gasteiger partial charge in [0.2, 0.25) is 0 Å². The van der Waals surface area contributed by atoms with E-state index in [1.54, 1.807) is 42.5 Å². The van der Waals surface area contributed by atoms with Crippen LogP contribution >= 0.6 is 23.2 Å². The zero-order valence-electron chi connectivity index (χ0n) is 15.9. The van der Waals surface area contributed by atoms with Crippen molar-refractivity contribution >= 4 is 57.7 Å². The van der Waals surface area contributed by atoms with E-state index in [2.05, 4.69) is 15.8 Å². The van der Waals surface area contributed by atoms with Gasteiger partial charge in [0.05, 0.1) is 16.3 Å². The molecule has 154 valence electrons. The lowest BCUT2D eigenvalue weighted by Crippen LogP contribution is -2.32. The first-order valence-electron chi connectivity index (χ1n) is 9.19. The number of nitrogens with zero attached hydrogens (tertiary/aromatic N) is 1. The van der Waals surface area contributed by atoms with Crippen LogP contribution in [0.3, 0.4) is 0 Å². The monoisotopic (exact) mass is 451 g/mol. The molecular weight excluding hydrogens is 437 g/mol. The normalized spacial score (nSPS) is 11.0. The minimum absolute atomic E-state index is 0.385. The van der Waals surface area contributed by atoms with Crippen molar-refractivity contribution in [2.24, 2.45) is 5.10 Å². The Kier molecular flexibility index (Phi) is 6.02. The number of benzene rings is 3. The first kappa shape index (κ1) is 20.7. The zero-order valence-corrected chi connectivity index (χ0v) is 17.4. The van der Waals surface area contributed by atoms with Gasteiger partial charge in [0.1, 0.15) is 11.5 Å². The Morgan fingerprint density at radius 1 is 0.871 bits per heavy atom. The summed E-state index contributed by atoms with van der Waals surface area (Å²) in [6.07, 6.45) is 1.30. The molecule has 2 amide bonds. The number of carbonyl (C=O) groups is 2. The predicted molar refractivity (Wildman–Crippen MR) is 122 cm³/mol. The topological polar surface area (TPSA) is 83.7 Å². The van der Waals surface area contributed by atoms with Crippen molar-refractivity contribution < 1.29 is 14.0 Å². The number of halogens is 2. The summed E-state index contributed by atoms with van der Waals surface area (Å²) in [5.74, 6) is -0.791. The number of fused-ring (bicyclic) bond motifs is 1. The average Bonchev–Trinajstić information content (AvgIpc) is 3.24. The number of amides is 2. The zero-order chi connectivity index (χ0) is 21.8. The largest absolute Gasteiger partial charge is 0.455 e. The van der Waals surface area contributed by atoms with Crippen LogP contribution in [0.4, 0.5) is 5.69 Å². The molecular formula is C23H15Cl2N3O3. The van der Waals surface area contributed by atoms with Crippen LogP contribution in [-0.4, -0.2) is 18.0 Å². The molecule has 0 radical (unpaired) electrons. The van der Waals surface area contributed by atoms with Gasteiger partial charge in [-0.3, -0.25) is 9.59 Å². The van der Waals surface area contributed by atoms with Crippen molar-refractivity contribution in [3.63, 3.8) is 0 Å². The lowest BCUT2D eigenvalue weighted by atomic mass is 10.1. The van der Waals surface area contributed by atoms with E-state index in [4.69, 9.17) is 27.6 Å².